The monoisotopic (exact) mass is 250 g/mol. The molecule has 0 saturated carbocycles. The van der Waals surface area contributed by atoms with Crippen LogP contribution >= 0.6 is 0 Å². The minimum Gasteiger partial charge on any atom is -0.378 e. The number of carbonyl (C=O) groups is 1. The zero-order valence-corrected chi connectivity index (χ0v) is 10.6. The van der Waals surface area contributed by atoms with Gasteiger partial charge in [0.25, 0.3) is 0 Å². The van der Waals surface area contributed by atoms with E-state index in [4.69, 9.17) is 4.74 Å². The van der Waals surface area contributed by atoms with Crippen LogP contribution in [0.4, 0.5) is 11.5 Å². The quantitative estimate of drug-likeness (QED) is 0.795. The zero-order chi connectivity index (χ0) is 13.0. The van der Waals surface area contributed by atoms with E-state index in [-0.39, 0.29) is 11.9 Å². The predicted molar refractivity (Wildman–Crippen MR) is 69.8 cm³/mol. The predicted octanol–water partition coefficient (Wildman–Crippen LogP) is 0.0745. The van der Waals surface area contributed by atoms with Crippen molar-refractivity contribution in [2.75, 3.05) is 44.1 Å². The minimum atomic E-state index is -0.297. The van der Waals surface area contributed by atoms with Gasteiger partial charge in [-0.3, -0.25) is 4.79 Å². The van der Waals surface area contributed by atoms with Gasteiger partial charge in [-0.1, -0.05) is 0 Å². The van der Waals surface area contributed by atoms with E-state index in [0.717, 1.165) is 5.82 Å². The normalized spacial score (nSPS) is 19.3. The molecule has 18 heavy (non-hydrogen) atoms. The molecule has 0 aliphatic carbocycles. The molecule has 0 aromatic carbocycles. The van der Waals surface area contributed by atoms with Crippen LogP contribution < -0.4 is 15.5 Å². The molecule has 0 spiro atoms. The summed E-state index contributed by atoms with van der Waals surface area (Å²) in [6.45, 7) is 1.76. The van der Waals surface area contributed by atoms with Gasteiger partial charge in [0, 0.05) is 26.8 Å². The first kappa shape index (κ1) is 12.8. The van der Waals surface area contributed by atoms with Crippen molar-refractivity contribution in [2.45, 2.75) is 6.04 Å². The SMILES string of the molecule is CN(C)c1ncccc1NC(=O)C1COCCN1. The van der Waals surface area contributed by atoms with E-state index < -0.39 is 0 Å². The summed E-state index contributed by atoms with van der Waals surface area (Å²) in [5, 5.41) is 5.99. The van der Waals surface area contributed by atoms with Gasteiger partial charge in [-0.05, 0) is 12.1 Å². The first-order chi connectivity index (χ1) is 8.68. The number of amides is 1. The molecule has 1 aliphatic heterocycles. The van der Waals surface area contributed by atoms with Crippen molar-refractivity contribution in [1.82, 2.24) is 10.3 Å². The Morgan fingerprint density at radius 3 is 3.11 bits per heavy atom. The molecule has 2 heterocycles. The number of rotatable bonds is 3. The van der Waals surface area contributed by atoms with E-state index in [9.17, 15) is 4.79 Å². The molecule has 1 amide bonds. The Hall–Kier alpha value is -1.66. The summed E-state index contributed by atoms with van der Waals surface area (Å²) in [5.74, 6) is 0.647. The van der Waals surface area contributed by atoms with Crippen LogP contribution in [-0.4, -0.2) is 50.8 Å². The van der Waals surface area contributed by atoms with Gasteiger partial charge < -0.3 is 20.3 Å². The maximum atomic E-state index is 12.0. The second kappa shape index (κ2) is 5.79. The number of ether oxygens (including phenoxy) is 1. The fourth-order valence-electron chi connectivity index (χ4n) is 1.80. The van der Waals surface area contributed by atoms with Crippen molar-refractivity contribution in [2.24, 2.45) is 0 Å². The molecular weight excluding hydrogens is 232 g/mol. The molecule has 0 radical (unpaired) electrons. The smallest absolute Gasteiger partial charge is 0.244 e. The lowest BCUT2D eigenvalue weighted by Gasteiger charge is -2.24. The number of nitrogens with zero attached hydrogens (tertiary/aromatic N) is 2. The second-order valence-electron chi connectivity index (χ2n) is 4.34. The molecule has 0 bridgehead atoms. The van der Waals surface area contributed by atoms with Crippen LogP contribution in [0.25, 0.3) is 0 Å². The summed E-state index contributed by atoms with van der Waals surface area (Å²) in [6.07, 6.45) is 1.70. The molecule has 6 heteroatoms. The zero-order valence-electron chi connectivity index (χ0n) is 10.6. The highest BCUT2D eigenvalue weighted by atomic mass is 16.5. The fraction of sp³-hybridized carbons (Fsp3) is 0.500. The largest absolute Gasteiger partial charge is 0.378 e. The maximum absolute atomic E-state index is 12.0. The summed E-state index contributed by atoms with van der Waals surface area (Å²) in [7, 11) is 3.78. The number of aromatic nitrogens is 1. The Kier molecular flexibility index (Phi) is 4.11. The van der Waals surface area contributed by atoms with E-state index in [1.807, 2.05) is 25.1 Å². The second-order valence-corrected chi connectivity index (χ2v) is 4.34. The number of carbonyl (C=O) groups excluding carboxylic acids is 1. The Balaban J connectivity index is 2.06. The summed E-state index contributed by atoms with van der Waals surface area (Å²) in [6, 6.07) is 3.34. The molecule has 1 aliphatic rings. The van der Waals surface area contributed by atoms with Crippen molar-refractivity contribution < 1.29 is 9.53 Å². The highest BCUT2D eigenvalue weighted by Gasteiger charge is 2.22. The molecule has 1 unspecified atom stereocenters. The third kappa shape index (κ3) is 2.96. The number of hydrogen-bond donors (Lipinski definition) is 2. The minimum absolute atomic E-state index is 0.0919. The summed E-state index contributed by atoms with van der Waals surface area (Å²) >= 11 is 0. The molecule has 1 fully saturated rings. The fourth-order valence-corrected chi connectivity index (χ4v) is 1.80. The highest BCUT2D eigenvalue weighted by Crippen LogP contribution is 2.20. The number of morpholine rings is 1. The Morgan fingerprint density at radius 2 is 2.44 bits per heavy atom. The van der Waals surface area contributed by atoms with Crippen LogP contribution in [0, 0.1) is 0 Å². The van der Waals surface area contributed by atoms with Gasteiger partial charge in [-0.25, -0.2) is 4.98 Å². The Morgan fingerprint density at radius 1 is 1.61 bits per heavy atom. The molecule has 1 aromatic rings. The Labute approximate surface area is 106 Å². The van der Waals surface area contributed by atoms with Crippen LogP contribution in [-0.2, 0) is 9.53 Å². The van der Waals surface area contributed by atoms with Crippen LogP contribution in [0.5, 0.6) is 0 Å². The topological polar surface area (TPSA) is 66.5 Å². The molecule has 2 rings (SSSR count). The number of pyridine rings is 1. The molecule has 1 atom stereocenters. The third-order valence-corrected chi connectivity index (χ3v) is 2.71. The summed E-state index contributed by atoms with van der Waals surface area (Å²) < 4.78 is 5.27. The van der Waals surface area contributed by atoms with Crippen molar-refractivity contribution in [3.05, 3.63) is 18.3 Å². The van der Waals surface area contributed by atoms with Crippen LogP contribution in [0.15, 0.2) is 18.3 Å². The van der Waals surface area contributed by atoms with E-state index in [1.165, 1.54) is 0 Å². The van der Waals surface area contributed by atoms with Crippen LogP contribution in [0.1, 0.15) is 0 Å². The van der Waals surface area contributed by atoms with Crippen LogP contribution in [0.2, 0.25) is 0 Å². The maximum Gasteiger partial charge on any atom is 0.244 e. The first-order valence-corrected chi connectivity index (χ1v) is 5.93. The average Bonchev–Trinajstić information content (AvgIpc) is 2.40. The molecule has 1 aromatic heterocycles. The van der Waals surface area contributed by atoms with Gasteiger partial charge in [-0.15, -0.1) is 0 Å². The van der Waals surface area contributed by atoms with Gasteiger partial charge in [0.2, 0.25) is 5.91 Å². The van der Waals surface area contributed by atoms with E-state index in [2.05, 4.69) is 15.6 Å². The number of anilines is 2. The van der Waals surface area contributed by atoms with Gasteiger partial charge in [0.15, 0.2) is 5.82 Å². The lowest BCUT2D eigenvalue weighted by molar-refractivity contribution is -0.120. The lowest BCUT2D eigenvalue weighted by Crippen LogP contribution is -2.48. The van der Waals surface area contributed by atoms with Crippen molar-refractivity contribution in [1.29, 1.82) is 0 Å². The van der Waals surface area contributed by atoms with Gasteiger partial charge in [0.1, 0.15) is 6.04 Å². The molecule has 1 saturated heterocycles. The third-order valence-electron chi connectivity index (χ3n) is 2.71. The first-order valence-electron chi connectivity index (χ1n) is 5.93. The molecular formula is C12H18N4O2. The van der Waals surface area contributed by atoms with Crippen LogP contribution in [0.3, 0.4) is 0 Å². The van der Waals surface area contributed by atoms with Crippen molar-refractivity contribution >= 4 is 17.4 Å². The molecule has 2 N–H and O–H groups in total. The number of hydrogen-bond acceptors (Lipinski definition) is 5. The van der Waals surface area contributed by atoms with E-state index >= 15 is 0 Å². The standard InChI is InChI=1S/C12H18N4O2/c1-16(2)11-9(4-3-5-14-11)15-12(17)10-8-18-7-6-13-10/h3-5,10,13H,6-8H2,1-2H3,(H,15,17). The highest BCUT2D eigenvalue weighted by molar-refractivity contribution is 5.97. The van der Waals surface area contributed by atoms with Gasteiger partial charge >= 0.3 is 0 Å². The van der Waals surface area contributed by atoms with E-state index in [1.54, 1.807) is 12.3 Å². The lowest BCUT2D eigenvalue weighted by atomic mass is 10.2. The molecule has 6 nitrogen and oxygen atoms in total. The van der Waals surface area contributed by atoms with Gasteiger partial charge in [0.05, 0.1) is 18.9 Å². The number of nitrogens with one attached hydrogen (secondary N) is 2. The Bertz CT molecular complexity index is 416. The van der Waals surface area contributed by atoms with Crippen molar-refractivity contribution in [3.8, 4) is 0 Å². The summed E-state index contributed by atoms with van der Waals surface area (Å²) in [4.78, 5) is 18.1. The van der Waals surface area contributed by atoms with E-state index in [0.29, 0.717) is 25.4 Å². The van der Waals surface area contributed by atoms with Crippen molar-refractivity contribution in [3.63, 3.8) is 0 Å². The molecule has 98 valence electrons. The summed E-state index contributed by atoms with van der Waals surface area (Å²) in [5.41, 5.74) is 0.708. The van der Waals surface area contributed by atoms with Gasteiger partial charge in [-0.2, -0.15) is 0 Å². The average molecular weight is 250 g/mol.